The molecule has 0 atom stereocenters. The number of nitrogens with zero attached hydrogens (tertiary/aromatic N) is 2. The minimum Gasteiger partial charge on any atom is -0.323 e. The molecule has 1 N–H and O–H groups in total. The molecule has 1 heterocycles. The highest BCUT2D eigenvalue weighted by Crippen LogP contribution is 2.21. The Morgan fingerprint density at radius 1 is 1.29 bits per heavy atom. The van der Waals surface area contributed by atoms with Gasteiger partial charge in [-0.15, -0.1) is 0 Å². The molecule has 0 radical (unpaired) electrons. The van der Waals surface area contributed by atoms with Crippen LogP contribution in [0.15, 0.2) is 30.6 Å². The van der Waals surface area contributed by atoms with E-state index in [2.05, 4.69) is 10.3 Å². The number of imidazole rings is 1. The molecule has 0 unspecified atom stereocenters. The molecule has 1 aromatic carbocycles. The molecule has 0 saturated carbocycles. The maximum absolute atomic E-state index is 13.4. The Morgan fingerprint density at radius 2 is 2.06 bits per heavy atom. The van der Waals surface area contributed by atoms with Gasteiger partial charge in [0.25, 0.3) is 0 Å². The molecule has 90 valence electrons. The molecular formula is C12H13F2N3. The molecule has 17 heavy (non-hydrogen) atoms. The topological polar surface area (TPSA) is 29.9 Å². The molecule has 0 bridgehead atoms. The fraction of sp³-hybridized carbons (Fsp3) is 0.250. The largest absolute Gasteiger partial charge is 0.323 e. The van der Waals surface area contributed by atoms with Gasteiger partial charge in [-0.2, -0.15) is 0 Å². The Morgan fingerprint density at radius 3 is 2.76 bits per heavy atom. The Kier molecular flexibility index (Phi) is 3.08. The van der Waals surface area contributed by atoms with Gasteiger partial charge in [0.1, 0.15) is 11.6 Å². The van der Waals surface area contributed by atoms with E-state index < -0.39 is 11.6 Å². The number of anilines is 2. The highest BCUT2D eigenvalue weighted by Gasteiger charge is 2.09. The van der Waals surface area contributed by atoms with Gasteiger partial charge in [0.2, 0.25) is 5.95 Å². The molecule has 0 fully saturated rings. The van der Waals surface area contributed by atoms with E-state index in [9.17, 15) is 8.78 Å². The van der Waals surface area contributed by atoms with Crippen molar-refractivity contribution in [1.82, 2.24) is 9.55 Å². The van der Waals surface area contributed by atoms with Gasteiger partial charge in [-0.05, 0) is 26.0 Å². The van der Waals surface area contributed by atoms with Crippen molar-refractivity contribution in [3.05, 3.63) is 42.2 Å². The SMILES string of the molecule is CC(C)n1ccnc1Nc1cc(F)ccc1F. The predicted molar refractivity (Wildman–Crippen MR) is 62.3 cm³/mol. The van der Waals surface area contributed by atoms with Crippen LogP contribution in [0.3, 0.4) is 0 Å². The Hall–Kier alpha value is -1.91. The van der Waals surface area contributed by atoms with Crippen molar-refractivity contribution >= 4 is 11.6 Å². The number of hydrogen-bond acceptors (Lipinski definition) is 2. The van der Waals surface area contributed by atoms with Gasteiger partial charge in [-0.1, -0.05) is 0 Å². The standard InChI is InChI=1S/C12H13F2N3/c1-8(2)17-6-5-15-12(17)16-11-7-9(13)3-4-10(11)14/h3-8H,1-2H3,(H,15,16). The van der Waals surface area contributed by atoms with Crippen LogP contribution in [0.25, 0.3) is 0 Å². The second kappa shape index (κ2) is 4.53. The summed E-state index contributed by atoms with van der Waals surface area (Å²) < 4.78 is 28.3. The Labute approximate surface area is 98.1 Å². The predicted octanol–water partition coefficient (Wildman–Crippen LogP) is 3.49. The number of benzene rings is 1. The van der Waals surface area contributed by atoms with Crippen molar-refractivity contribution in [3.63, 3.8) is 0 Å². The molecular weight excluding hydrogens is 224 g/mol. The first-order valence-corrected chi connectivity index (χ1v) is 5.33. The Bertz CT molecular complexity index is 520. The van der Waals surface area contributed by atoms with Gasteiger partial charge in [0.15, 0.2) is 0 Å². The van der Waals surface area contributed by atoms with E-state index >= 15 is 0 Å². The summed E-state index contributed by atoms with van der Waals surface area (Å²) >= 11 is 0. The van der Waals surface area contributed by atoms with E-state index in [1.54, 1.807) is 12.4 Å². The summed E-state index contributed by atoms with van der Waals surface area (Å²) in [6.07, 6.45) is 3.39. The summed E-state index contributed by atoms with van der Waals surface area (Å²) in [6.45, 7) is 3.96. The number of halogens is 2. The van der Waals surface area contributed by atoms with Crippen LogP contribution >= 0.6 is 0 Å². The first-order chi connectivity index (χ1) is 8.08. The third-order valence-electron chi connectivity index (χ3n) is 2.40. The van der Waals surface area contributed by atoms with Crippen LogP contribution in [0.1, 0.15) is 19.9 Å². The van der Waals surface area contributed by atoms with Gasteiger partial charge >= 0.3 is 0 Å². The van der Waals surface area contributed by atoms with Crippen molar-refractivity contribution in [2.75, 3.05) is 5.32 Å². The molecule has 3 nitrogen and oxygen atoms in total. The minimum atomic E-state index is -0.510. The highest BCUT2D eigenvalue weighted by atomic mass is 19.1. The smallest absolute Gasteiger partial charge is 0.207 e. The molecule has 0 aliphatic rings. The van der Waals surface area contributed by atoms with Crippen molar-refractivity contribution in [2.45, 2.75) is 19.9 Å². The van der Waals surface area contributed by atoms with Crippen molar-refractivity contribution in [2.24, 2.45) is 0 Å². The summed E-state index contributed by atoms with van der Waals surface area (Å²) in [7, 11) is 0. The average molecular weight is 237 g/mol. The van der Waals surface area contributed by atoms with Gasteiger partial charge in [0.05, 0.1) is 5.69 Å². The fourth-order valence-corrected chi connectivity index (χ4v) is 1.54. The van der Waals surface area contributed by atoms with Gasteiger partial charge in [0, 0.05) is 24.5 Å². The number of hydrogen-bond donors (Lipinski definition) is 1. The second-order valence-corrected chi connectivity index (χ2v) is 4.00. The van der Waals surface area contributed by atoms with Crippen molar-refractivity contribution in [1.29, 1.82) is 0 Å². The lowest BCUT2D eigenvalue weighted by Gasteiger charge is -2.13. The van der Waals surface area contributed by atoms with Crippen LogP contribution in [0.4, 0.5) is 20.4 Å². The number of rotatable bonds is 3. The lowest BCUT2D eigenvalue weighted by molar-refractivity contribution is 0.597. The van der Waals surface area contributed by atoms with Gasteiger partial charge < -0.3 is 9.88 Å². The highest BCUT2D eigenvalue weighted by molar-refractivity contribution is 5.54. The first-order valence-electron chi connectivity index (χ1n) is 5.33. The summed E-state index contributed by atoms with van der Waals surface area (Å²) in [5.74, 6) is -0.509. The molecule has 0 saturated heterocycles. The Balaban J connectivity index is 2.31. The van der Waals surface area contributed by atoms with Crippen LogP contribution in [0.2, 0.25) is 0 Å². The van der Waals surface area contributed by atoms with E-state index in [1.165, 1.54) is 0 Å². The molecule has 0 aliphatic heterocycles. The zero-order valence-electron chi connectivity index (χ0n) is 9.61. The van der Waals surface area contributed by atoms with Crippen LogP contribution in [0.5, 0.6) is 0 Å². The molecule has 0 spiro atoms. The molecule has 1 aromatic heterocycles. The summed E-state index contributed by atoms with van der Waals surface area (Å²) in [4.78, 5) is 4.07. The maximum atomic E-state index is 13.4. The van der Waals surface area contributed by atoms with E-state index in [4.69, 9.17) is 0 Å². The second-order valence-electron chi connectivity index (χ2n) is 4.00. The minimum absolute atomic E-state index is 0.0816. The zero-order valence-corrected chi connectivity index (χ0v) is 9.61. The molecule has 0 amide bonds. The zero-order chi connectivity index (χ0) is 12.4. The van der Waals surface area contributed by atoms with Crippen LogP contribution in [-0.4, -0.2) is 9.55 Å². The number of nitrogens with one attached hydrogen (secondary N) is 1. The molecule has 2 rings (SSSR count). The van der Waals surface area contributed by atoms with E-state index in [0.29, 0.717) is 5.95 Å². The first kappa shape index (κ1) is 11.6. The van der Waals surface area contributed by atoms with Gasteiger partial charge in [-0.25, -0.2) is 13.8 Å². The normalized spacial score (nSPS) is 10.9. The molecule has 0 aliphatic carbocycles. The third-order valence-corrected chi connectivity index (χ3v) is 2.40. The van der Waals surface area contributed by atoms with Crippen LogP contribution < -0.4 is 5.32 Å². The van der Waals surface area contributed by atoms with E-state index in [1.807, 2.05) is 18.4 Å². The van der Waals surface area contributed by atoms with Gasteiger partial charge in [-0.3, -0.25) is 0 Å². The summed E-state index contributed by atoms with van der Waals surface area (Å²) in [6, 6.07) is 3.46. The average Bonchev–Trinajstić information content (AvgIpc) is 2.71. The summed E-state index contributed by atoms with van der Waals surface area (Å²) in [5.41, 5.74) is 0.0816. The molecule has 2 aromatic rings. The lowest BCUT2D eigenvalue weighted by Crippen LogP contribution is -2.06. The lowest BCUT2D eigenvalue weighted by atomic mass is 10.3. The monoisotopic (exact) mass is 237 g/mol. The van der Waals surface area contributed by atoms with Crippen molar-refractivity contribution in [3.8, 4) is 0 Å². The van der Waals surface area contributed by atoms with Crippen LogP contribution in [-0.2, 0) is 0 Å². The van der Waals surface area contributed by atoms with E-state index in [0.717, 1.165) is 18.2 Å². The molecule has 5 heteroatoms. The quantitative estimate of drug-likeness (QED) is 0.885. The fourth-order valence-electron chi connectivity index (χ4n) is 1.54. The van der Waals surface area contributed by atoms with Crippen LogP contribution in [0, 0.1) is 11.6 Å². The van der Waals surface area contributed by atoms with E-state index in [-0.39, 0.29) is 11.7 Å². The number of aromatic nitrogens is 2. The van der Waals surface area contributed by atoms with Crippen molar-refractivity contribution < 1.29 is 8.78 Å². The maximum Gasteiger partial charge on any atom is 0.207 e. The third kappa shape index (κ3) is 2.43. The summed E-state index contributed by atoms with van der Waals surface area (Å²) in [5, 5.41) is 2.78.